The molecule has 0 unspecified atom stereocenters. The molecular formula is C20H19N3O2. The van der Waals surface area contributed by atoms with E-state index in [0.29, 0.717) is 5.69 Å². The second-order valence-corrected chi connectivity index (χ2v) is 5.96. The number of hydrogen-bond donors (Lipinski definition) is 2. The average molecular weight is 333 g/mol. The molecule has 0 bridgehead atoms. The van der Waals surface area contributed by atoms with Crippen LogP contribution in [0, 0.1) is 11.3 Å². The first-order chi connectivity index (χ1) is 12.2. The Bertz CT molecular complexity index is 812. The van der Waals surface area contributed by atoms with E-state index in [2.05, 4.69) is 10.2 Å². The third-order valence-electron chi connectivity index (χ3n) is 4.17. The van der Waals surface area contributed by atoms with Gasteiger partial charge >= 0.3 is 0 Å². The van der Waals surface area contributed by atoms with E-state index < -0.39 is 5.91 Å². The van der Waals surface area contributed by atoms with Crippen molar-refractivity contribution in [2.24, 2.45) is 0 Å². The second-order valence-electron chi connectivity index (χ2n) is 5.96. The van der Waals surface area contributed by atoms with Gasteiger partial charge in [0.05, 0.1) is 0 Å². The Morgan fingerprint density at radius 3 is 2.32 bits per heavy atom. The highest BCUT2D eigenvalue weighted by Gasteiger charge is 2.12. The highest BCUT2D eigenvalue weighted by Crippen LogP contribution is 2.21. The molecule has 0 saturated carbocycles. The highest BCUT2D eigenvalue weighted by atomic mass is 16.3. The van der Waals surface area contributed by atoms with Crippen molar-refractivity contribution in [3.63, 3.8) is 0 Å². The first-order valence-electron chi connectivity index (χ1n) is 8.23. The molecule has 1 amide bonds. The van der Waals surface area contributed by atoms with Gasteiger partial charge in [0.15, 0.2) is 0 Å². The molecular weight excluding hydrogens is 314 g/mol. The minimum Gasteiger partial charge on any atom is -0.508 e. The lowest BCUT2D eigenvalue weighted by Crippen LogP contribution is -2.17. The fraction of sp³-hybridized carbons (Fsp3) is 0.200. The lowest BCUT2D eigenvalue weighted by Gasteiger charge is -2.17. The molecule has 0 radical (unpaired) electrons. The van der Waals surface area contributed by atoms with Gasteiger partial charge in [-0.1, -0.05) is 12.1 Å². The van der Waals surface area contributed by atoms with Crippen molar-refractivity contribution in [1.82, 2.24) is 0 Å². The molecule has 0 atom stereocenters. The van der Waals surface area contributed by atoms with Gasteiger partial charge in [-0.15, -0.1) is 0 Å². The predicted molar refractivity (Wildman–Crippen MR) is 98.2 cm³/mol. The molecule has 2 N–H and O–H groups in total. The largest absolute Gasteiger partial charge is 0.508 e. The molecule has 2 aromatic carbocycles. The molecule has 126 valence electrons. The molecule has 1 saturated heterocycles. The number of rotatable bonds is 4. The Labute approximate surface area is 146 Å². The monoisotopic (exact) mass is 333 g/mol. The highest BCUT2D eigenvalue weighted by molar-refractivity contribution is 6.09. The number of aromatic hydroxyl groups is 1. The quantitative estimate of drug-likeness (QED) is 0.510. The summed E-state index contributed by atoms with van der Waals surface area (Å²) in [6, 6.07) is 15.9. The van der Waals surface area contributed by atoms with E-state index in [0.717, 1.165) is 18.7 Å². The zero-order valence-corrected chi connectivity index (χ0v) is 13.8. The number of phenols is 1. The summed E-state index contributed by atoms with van der Waals surface area (Å²) in [5.74, 6) is -0.357. The van der Waals surface area contributed by atoms with Gasteiger partial charge in [-0.2, -0.15) is 5.26 Å². The van der Waals surface area contributed by atoms with Gasteiger partial charge in [0.25, 0.3) is 5.91 Å². The van der Waals surface area contributed by atoms with Crippen molar-refractivity contribution in [3.05, 3.63) is 59.7 Å². The molecule has 2 aromatic rings. The van der Waals surface area contributed by atoms with Gasteiger partial charge < -0.3 is 15.3 Å². The second kappa shape index (κ2) is 7.54. The minimum absolute atomic E-state index is 0.0296. The Kier molecular flexibility index (Phi) is 5.00. The van der Waals surface area contributed by atoms with Gasteiger partial charge in [0.1, 0.15) is 17.4 Å². The van der Waals surface area contributed by atoms with Crippen LogP contribution >= 0.6 is 0 Å². The Hall–Kier alpha value is -3.26. The SMILES string of the molecule is N#C/C(=C\c1ccc(N2CCCC2)cc1)C(=O)Nc1ccc(O)cc1. The summed E-state index contributed by atoms with van der Waals surface area (Å²) in [5.41, 5.74) is 2.53. The van der Waals surface area contributed by atoms with Crippen molar-refractivity contribution >= 4 is 23.4 Å². The maximum atomic E-state index is 12.2. The summed E-state index contributed by atoms with van der Waals surface area (Å²) in [6.07, 6.45) is 4.01. The number of anilines is 2. The van der Waals surface area contributed by atoms with Gasteiger partial charge in [0.2, 0.25) is 0 Å². The van der Waals surface area contributed by atoms with Crippen molar-refractivity contribution in [1.29, 1.82) is 5.26 Å². The smallest absolute Gasteiger partial charge is 0.266 e. The Balaban J connectivity index is 1.71. The number of hydrogen-bond acceptors (Lipinski definition) is 4. The molecule has 1 fully saturated rings. The van der Waals surface area contributed by atoms with Crippen LogP contribution in [0.25, 0.3) is 6.08 Å². The van der Waals surface area contributed by atoms with Crippen LogP contribution in [0.4, 0.5) is 11.4 Å². The third kappa shape index (κ3) is 4.18. The van der Waals surface area contributed by atoms with Crippen molar-refractivity contribution in [3.8, 4) is 11.8 Å². The number of carbonyl (C=O) groups is 1. The standard InChI is InChI=1S/C20H19N3O2/c21-14-16(20(25)22-17-5-9-19(24)10-6-17)13-15-3-7-18(8-4-15)23-11-1-2-12-23/h3-10,13,24H,1-2,11-12H2,(H,22,25)/b16-13+. The molecule has 5 nitrogen and oxygen atoms in total. The molecule has 1 aliphatic heterocycles. The van der Waals surface area contributed by atoms with E-state index in [9.17, 15) is 15.2 Å². The number of nitrogens with one attached hydrogen (secondary N) is 1. The number of carbonyl (C=O) groups excluding carboxylic acids is 1. The molecule has 1 aliphatic rings. The van der Waals surface area contributed by atoms with E-state index >= 15 is 0 Å². The number of nitrogens with zero attached hydrogens (tertiary/aromatic N) is 2. The molecule has 25 heavy (non-hydrogen) atoms. The van der Waals surface area contributed by atoms with Crippen LogP contribution in [0.15, 0.2) is 54.1 Å². The summed E-state index contributed by atoms with van der Waals surface area (Å²) >= 11 is 0. The molecule has 0 aliphatic carbocycles. The van der Waals surface area contributed by atoms with Gasteiger partial charge in [-0.05, 0) is 60.9 Å². The van der Waals surface area contributed by atoms with Crippen LogP contribution in [0.3, 0.4) is 0 Å². The first-order valence-corrected chi connectivity index (χ1v) is 8.23. The molecule has 0 aromatic heterocycles. The predicted octanol–water partition coefficient (Wildman–Crippen LogP) is 3.54. The Morgan fingerprint density at radius 2 is 1.72 bits per heavy atom. The van der Waals surface area contributed by atoms with E-state index in [1.54, 1.807) is 18.2 Å². The fourth-order valence-electron chi connectivity index (χ4n) is 2.82. The van der Waals surface area contributed by atoms with E-state index in [-0.39, 0.29) is 11.3 Å². The number of nitriles is 1. The summed E-state index contributed by atoms with van der Waals surface area (Å²) in [5, 5.41) is 21.2. The van der Waals surface area contributed by atoms with E-state index in [1.807, 2.05) is 30.3 Å². The fourth-order valence-corrected chi connectivity index (χ4v) is 2.82. The first kappa shape index (κ1) is 16.6. The summed E-state index contributed by atoms with van der Waals surface area (Å²) < 4.78 is 0. The number of benzene rings is 2. The maximum Gasteiger partial charge on any atom is 0.266 e. The van der Waals surface area contributed by atoms with Crippen molar-refractivity contribution in [2.45, 2.75) is 12.8 Å². The van der Waals surface area contributed by atoms with Crippen LogP contribution in [0.2, 0.25) is 0 Å². The van der Waals surface area contributed by atoms with E-state index in [4.69, 9.17) is 0 Å². The van der Waals surface area contributed by atoms with Crippen LogP contribution in [-0.4, -0.2) is 24.1 Å². The van der Waals surface area contributed by atoms with Gasteiger partial charge in [-0.3, -0.25) is 4.79 Å². The third-order valence-corrected chi connectivity index (χ3v) is 4.17. The zero-order valence-electron chi connectivity index (χ0n) is 13.8. The minimum atomic E-state index is -0.475. The number of amides is 1. The van der Waals surface area contributed by atoms with Crippen LogP contribution < -0.4 is 10.2 Å². The summed E-state index contributed by atoms with van der Waals surface area (Å²) in [7, 11) is 0. The zero-order chi connectivity index (χ0) is 17.6. The molecule has 0 spiro atoms. The summed E-state index contributed by atoms with van der Waals surface area (Å²) in [4.78, 5) is 14.6. The lowest BCUT2D eigenvalue weighted by molar-refractivity contribution is -0.112. The van der Waals surface area contributed by atoms with Crippen LogP contribution in [0.5, 0.6) is 5.75 Å². The van der Waals surface area contributed by atoms with Crippen LogP contribution in [-0.2, 0) is 4.79 Å². The normalized spacial score (nSPS) is 14.2. The van der Waals surface area contributed by atoms with Crippen LogP contribution in [0.1, 0.15) is 18.4 Å². The molecule has 5 heteroatoms. The van der Waals surface area contributed by atoms with Crippen molar-refractivity contribution < 1.29 is 9.90 Å². The number of phenolic OH excluding ortho intramolecular Hbond substituents is 1. The molecule has 1 heterocycles. The average Bonchev–Trinajstić information content (AvgIpc) is 3.16. The van der Waals surface area contributed by atoms with E-state index in [1.165, 1.54) is 30.7 Å². The Morgan fingerprint density at radius 1 is 1.08 bits per heavy atom. The lowest BCUT2D eigenvalue weighted by atomic mass is 10.1. The van der Waals surface area contributed by atoms with Crippen molar-refractivity contribution in [2.75, 3.05) is 23.3 Å². The topological polar surface area (TPSA) is 76.4 Å². The maximum absolute atomic E-state index is 12.2. The summed E-state index contributed by atoms with van der Waals surface area (Å²) in [6.45, 7) is 2.15. The van der Waals surface area contributed by atoms with Gasteiger partial charge in [0, 0.05) is 24.5 Å². The van der Waals surface area contributed by atoms with Gasteiger partial charge in [-0.25, -0.2) is 0 Å². The molecule has 3 rings (SSSR count).